The largest absolute Gasteiger partial charge is 0.481 e. The molecule has 0 radical (unpaired) electrons. The quantitative estimate of drug-likeness (QED) is 0.566. The number of hydrogen-bond donors (Lipinski definition) is 0. The Labute approximate surface area is 117 Å². The molecular formula is C14H9FN4O2. The molecule has 4 aromatic rings. The van der Waals surface area contributed by atoms with Gasteiger partial charge in [0, 0.05) is 12.3 Å². The van der Waals surface area contributed by atoms with Crippen molar-refractivity contribution >= 4 is 17.1 Å². The van der Waals surface area contributed by atoms with E-state index in [0.29, 0.717) is 28.8 Å². The van der Waals surface area contributed by atoms with Gasteiger partial charge in [0.1, 0.15) is 17.0 Å². The van der Waals surface area contributed by atoms with Crippen molar-refractivity contribution in [3.05, 3.63) is 42.5 Å². The molecule has 0 N–H and O–H groups in total. The maximum atomic E-state index is 12.9. The third-order valence-electron chi connectivity index (χ3n) is 3.13. The molecule has 0 saturated heterocycles. The van der Waals surface area contributed by atoms with Crippen molar-refractivity contribution in [1.82, 2.24) is 19.4 Å². The number of oxazole rings is 1. The summed E-state index contributed by atoms with van der Waals surface area (Å²) in [6.45, 7) is 0. The summed E-state index contributed by atoms with van der Waals surface area (Å²) in [6.07, 6.45) is 2.93. The monoisotopic (exact) mass is 284 g/mol. The van der Waals surface area contributed by atoms with E-state index in [1.165, 1.54) is 6.07 Å². The molecule has 104 valence electrons. The van der Waals surface area contributed by atoms with Crippen LogP contribution < -0.4 is 4.74 Å². The lowest BCUT2D eigenvalue weighted by Crippen LogP contribution is -1.87. The smallest absolute Gasteiger partial charge is 0.308 e. The number of fused-ring (bicyclic) bond motifs is 3. The van der Waals surface area contributed by atoms with Gasteiger partial charge in [-0.25, -0.2) is 4.39 Å². The van der Waals surface area contributed by atoms with Crippen molar-refractivity contribution in [2.24, 2.45) is 0 Å². The van der Waals surface area contributed by atoms with E-state index in [4.69, 9.17) is 9.15 Å². The van der Waals surface area contributed by atoms with Gasteiger partial charge in [0.15, 0.2) is 0 Å². The molecule has 0 aliphatic carbocycles. The number of methoxy groups -OCH3 is 1. The molecule has 21 heavy (non-hydrogen) atoms. The fraction of sp³-hybridized carbons (Fsp3) is 0.0714. The molecule has 0 aromatic carbocycles. The number of halogens is 1. The topological polar surface area (TPSA) is 65.5 Å². The lowest BCUT2D eigenvalue weighted by molar-refractivity contribution is 0.397. The summed E-state index contributed by atoms with van der Waals surface area (Å²) in [5, 5.41) is 0. The third kappa shape index (κ3) is 1.82. The van der Waals surface area contributed by atoms with E-state index in [1.54, 1.807) is 29.8 Å². The summed E-state index contributed by atoms with van der Waals surface area (Å²) in [6, 6.07) is 6.49. The highest BCUT2D eigenvalue weighted by molar-refractivity contribution is 5.74. The van der Waals surface area contributed by atoms with Gasteiger partial charge in [0.25, 0.3) is 5.71 Å². The van der Waals surface area contributed by atoms with Crippen LogP contribution in [-0.2, 0) is 0 Å². The molecule has 4 aromatic heterocycles. The van der Waals surface area contributed by atoms with Crippen LogP contribution >= 0.6 is 0 Å². The summed E-state index contributed by atoms with van der Waals surface area (Å²) in [4.78, 5) is 12.5. The number of hydrogen-bond acceptors (Lipinski definition) is 5. The highest BCUT2D eigenvalue weighted by atomic mass is 19.1. The second-order valence-corrected chi connectivity index (χ2v) is 4.42. The predicted octanol–water partition coefficient (Wildman–Crippen LogP) is 2.69. The van der Waals surface area contributed by atoms with Crippen molar-refractivity contribution in [2.45, 2.75) is 0 Å². The van der Waals surface area contributed by atoms with Gasteiger partial charge >= 0.3 is 5.84 Å². The molecule has 0 unspecified atom stereocenters. The highest BCUT2D eigenvalue weighted by Gasteiger charge is 2.13. The Bertz CT molecular complexity index is 943. The molecule has 0 fully saturated rings. The highest BCUT2D eigenvalue weighted by Crippen LogP contribution is 2.24. The lowest BCUT2D eigenvalue weighted by Gasteiger charge is -1.96. The number of aromatic nitrogens is 4. The molecule has 0 spiro atoms. The molecule has 0 aliphatic heterocycles. The van der Waals surface area contributed by atoms with E-state index in [9.17, 15) is 4.39 Å². The van der Waals surface area contributed by atoms with Gasteiger partial charge in [-0.1, -0.05) is 0 Å². The molecule has 0 bridgehead atoms. The molecule has 4 heterocycles. The van der Waals surface area contributed by atoms with Gasteiger partial charge in [-0.05, 0) is 18.2 Å². The zero-order valence-electron chi connectivity index (χ0n) is 10.9. The summed E-state index contributed by atoms with van der Waals surface area (Å²) >= 11 is 0. The van der Waals surface area contributed by atoms with Crippen LogP contribution in [0.2, 0.25) is 0 Å². The van der Waals surface area contributed by atoms with Crippen LogP contribution in [-0.4, -0.2) is 26.5 Å². The second kappa shape index (κ2) is 4.27. The Hall–Kier alpha value is -2.96. The SMILES string of the molecule is COc1ccc2c(n1)oc1nc(-c3ccc(F)cn3)cn12. The van der Waals surface area contributed by atoms with Crippen LogP contribution in [0.25, 0.3) is 28.5 Å². The van der Waals surface area contributed by atoms with E-state index >= 15 is 0 Å². The Balaban J connectivity index is 1.88. The number of rotatable bonds is 2. The zero-order chi connectivity index (χ0) is 14.4. The lowest BCUT2D eigenvalue weighted by atomic mass is 10.3. The summed E-state index contributed by atoms with van der Waals surface area (Å²) in [7, 11) is 1.54. The van der Waals surface area contributed by atoms with Crippen LogP contribution in [0.3, 0.4) is 0 Å². The first-order chi connectivity index (χ1) is 10.2. The van der Waals surface area contributed by atoms with Crippen LogP contribution in [0.15, 0.2) is 41.1 Å². The van der Waals surface area contributed by atoms with Gasteiger partial charge in [-0.15, -0.1) is 0 Å². The Morgan fingerprint density at radius 2 is 2.05 bits per heavy atom. The fourth-order valence-corrected chi connectivity index (χ4v) is 2.13. The average molecular weight is 284 g/mol. The van der Waals surface area contributed by atoms with Gasteiger partial charge in [0.05, 0.1) is 19.0 Å². The average Bonchev–Trinajstić information content (AvgIpc) is 3.04. The first-order valence-corrected chi connectivity index (χ1v) is 6.19. The Morgan fingerprint density at radius 1 is 1.14 bits per heavy atom. The molecule has 0 saturated carbocycles. The molecule has 6 nitrogen and oxygen atoms in total. The Kier molecular flexibility index (Phi) is 2.41. The van der Waals surface area contributed by atoms with Gasteiger partial charge in [0.2, 0.25) is 5.88 Å². The fourth-order valence-electron chi connectivity index (χ4n) is 2.13. The second-order valence-electron chi connectivity index (χ2n) is 4.42. The third-order valence-corrected chi connectivity index (χ3v) is 3.13. The van der Waals surface area contributed by atoms with Crippen LogP contribution in [0, 0.1) is 5.82 Å². The molecule has 0 amide bonds. The standard InChI is InChI=1S/C14H9FN4O2/c1-20-12-5-4-11-13(18-12)21-14-17-10(7-19(11)14)9-3-2-8(15)6-16-9/h2-7H,1H3. The van der Waals surface area contributed by atoms with E-state index in [2.05, 4.69) is 15.0 Å². The van der Waals surface area contributed by atoms with Gasteiger partial charge in [-0.3, -0.25) is 9.38 Å². The minimum Gasteiger partial charge on any atom is -0.481 e. The van der Waals surface area contributed by atoms with Crippen LogP contribution in [0.4, 0.5) is 4.39 Å². The van der Waals surface area contributed by atoms with E-state index in [1.807, 2.05) is 6.07 Å². The van der Waals surface area contributed by atoms with Crippen LogP contribution in [0.1, 0.15) is 0 Å². The van der Waals surface area contributed by atoms with Crippen molar-refractivity contribution in [3.8, 4) is 17.3 Å². The molecular weight excluding hydrogens is 275 g/mol. The van der Waals surface area contributed by atoms with Crippen molar-refractivity contribution in [2.75, 3.05) is 7.11 Å². The van der Waals surface area contributed by atoms with Crippen molar-refractivity contribution in [3.63, 3.8) is 0 Å². The molecule has 4 rings (SSSR count). The normalized spacial score (nSPS) is 11.3. The maximum Gasteiger partial charge on any atom is 0.308 e. The molecule has 0 aliphatic rings. The first-order valence-electron chi connectivity index (χ1n) is 6.19. The zero-order valence-corrected chi connectivity index (χ0v) is 10.9. The number of ether oxygens (including phenoxy) is 1. The minimum absolute atomic E-state index is 0.386. The summed E-state index contributed by atoms with van der Waals surface area (Å²) < 4.78 is 25.3. The first kappa shape index (κ1) is 11.8. The Morgan fingerprint density at radius 3 is 2.81 bits per heavy atom. The van der Waals surface area contributed by atoms with Gasteiger partial charge in [-0.2, -0.15) is 9.97 Å². The summed E-state index contributed by atoms with van der Waals surface area (Å²) in [5.41, 5.74) is 2.39. The van der Waals surface area contributed by atoms with E-state index in [0.717, 1.165) is 11.7 Å². The summed E-state index contributed by atoms with van der Waals surface area (Å²) in [5.74, 6) is 0.482. The number of nitrogens with zero attached hydrogens (tertiary/aromatic N) is 4. The molecule has 7 heteroatoms. The predicted molar refractivity (Wildman–Crippen MR) is 72.5 cm³/mol. The van der Waals surface area contributed by atoms with Crippen molar-refractivity contribution in [1.29, 1.82) is 0 Å². The van der Waals surface area contributed by atoms with Crippen molar-refractivity contribution < 1.29 is 13.5 Å². The van der Waals surface area contributed by atoms with E-state index in [-0.39, 0.29) is 5.82 Å². The molecule has 0 atom stereocenters. The number of pyridine rings is 2. The van der Waals surface area contributed by atoms with Crippen LogP contribution in [0.5, 0.6) is 5.88 Å². The maximum absolute atomic E-state index is 12.9. The van der Waals surface area contributed by atoms with E-state index < -0.39 is 0 Å². The number of imidazole rings is 1. The minimum atomic E-state index is -0.386. The van der Waals surface area contributed by atoms with Gasteiger partial charge < -0.3 is 9.15 Å².